The molecule has 0 bridgehead atoms. The van der Waals surface area contributed by atoms with Crippen LogP contribution in [0.2, 0.25) is 0 Å². The Morgan fingerprint density at radius 2 is 2.04 bits per heavy atom. The van der Waals surface area contributed by atoms with Gasteiger partial charge in [-0.3, -0.25) is 4.90 Å². The van der Waals surface area contributed by atoms with E-state index < -0.39 is 0 Å². The number of morpholine rings is 1. The lowest BCUT2D eigenvalue weighted by atomic mass is 10.2. The van der Waals surface area contributed by atoms with Crippen molar-refractivity contribution in [2.75, 3.05) is 45.9 Å². The number of oxazole rings is 1. The molecule has 2 fully saturated rings. The number of likely N-dealkylation sites (tertiary alicyclic amines) is 1. The monoisotopic (exact) mass is 463 g/mol. The maximum Gasteiger partial charge on any atom is 0.216 e. The van der Waals surface area contributed by atoms with Gasteiger partial charge in [0.2, 0.25) is 5.89 Å². The normalized spacial score (nSPS) is 22.1. The summed E-state index contributed by atoms with van der Waals surface area (Å²) in [7, 11) is 0. The Morgan fingerprint density at radius 3 is 2.68 bits per heavy atom. The number of aromatic nitrogens is 1. The van der Waals surface area contributed by atoms with E-state index >= 15 is 0 Å². The van der Waals surface area contributed by atoms with E-state index in [1.54, 1.807) is 0 Å². The van der Waals surface area contributed by atoms with Gasteiger partial charge < -0.3 is 19.4 Å². The van der Waals surface area contributed by atoms with Crippen LogP contribution in [0.4, 0.5) is 0 Å². The van der Waals surface area contributed by atoms with Crippen LogP contribution in [-0.4, -0.2) is 72.7 Å². The Hall–Kier alpha value is -0.870. The van der Waals surface area contributed by atoms with Gasteiger partial charge in [-0.05, 0) is 27.2 Å². The summed E-state index contributed by atoms with van der Waals surface area (Å²) in [5.41, 5.74) is 0.943. The van der Waals surface area contributed by atoms with Crippen LogP contribution in [0, 0.1) is 13.8 Å². The minimum absolute atomic E-state index is 0. The second-order valence-electron chi connectivity index (χ2n) is 6.46. The predicted molar refractivity (Wildman–Crippen MR) is 109 cm³/mol. The maximum atomic E-state index is 5.64. The van der Waals surface area contributed by atoms with E-state index in [1.165, 1.54) is 6.42 Å². The molecule has 1 N–H and O–H groups in total. The molecule has 142 valence electrons. The van der Waals surface area contributed by atoms with Gasteiger partial charge in [-0.1, -0.05) is 0 Å². The number of aliphatic imine (C=N–C) groups is 1. The molecule has 8 heteroatoms. The summed E-state index contributed by atoms with van der Waals surface area (Å²) < 4.78 is 11.1. The van der Waals surface area contributed by atoms with Gasteiger partial charge in [0.25, 0.3) is 0 Å². The van der Waals surface area contributed by atoms with E-state index in [2.05, 4.69) is 27.0 Å². The Kier molecular flexibility index (Phi) is 7.95. The van der Waals surface area contributed by atoms with E-state index in [-0.39, 0.29) is 24.0 Å². The third-order valence-electron chi connectivity index (χ3n) is 4.80. The topological polar surface area (TPSA) is 66.1 Å². The molecule has 0 amide bonds. The highest BCUT2D eigenvalue weighted by molar-refractivity contribution is 14.0. The fourth-order valence-corrected chi connectivity index (χ4v) is 3.35. The minimum Gasteiger partial charge on any atom is -0.444 e. The molecule has 0 spiro atoms. The molecule has 0 aliphatic carbocycles. The molecule has 1 unspecified atom stereocenters. The first kappa shape index (κ1) is 20.4. The van der Waals surface area contributed by atoms with E-state index in [9.17, 15) is 0 Å². The van der Waals surface area contributed by atoms with Crippen molar-refractivity contribution >= 4 is 29.9 Å². The van der Waals surface area contributed by atoms with E-state index in [0.29, 0.717) is 18.5 Å². The molecule has 1 aromatic rings. The van der Waals surface area contributed by atoms with Gasteiger partial charge in [-0.15, -0.1) is 24.0 Å². The third kappa shape index (κ3) is 5.30. The number of aryl methyl sites for hydroxylation is 2. The number of nitrogens with one attached hydrogen (secondary N) is 1. The molecule has 0 saturated carbocycles. The lowest BCUT2D eigenvalue weighted by molar-refractivity contribution is 0.0195. The summed E-state index contributed by atoms with van der Waals surface area (Å²) in [5, 5.41) is 3.40. The molecule has 2 aliphatic heterocycles. The zero-order chi connectivity index (χ0) is 16.9. The fourth-order valence-electron chi connectivity index (χ4n) is 3.35. The van der Waals surface area contributed by atoms with Crippen LogP contribution >= 0.6 is 24.0 Å². The van der Waals surface area contributed by atoms with Crippen LogP contribution in [0.25, 0.3) is 0 Å². The highest BCUT2D eigenvalue weighted by Crippen LogP contribution is 2.17. The molecule has 0 radical (unpaired) electrons. The largest absolute Gasteiger partial charge is 0.444 e. The SMILES string of the molecule is CCNC(=NCc1nc(C)c(C)o1)N1CCC(N2CCOCC2)C1.I. The molecule has 7 nitrogen and oxygen atoms in total. The second kappa shape index (κ2) is 9.72. The van der Waals surface area contributed by atoms with Gasteiger partial charge in [0.1, 0.15) is 12.3 Å². The molecule has 1 atom stereocenters. The number of hydrogen-bond acceptors (Lipinski definition) is 5. The van der Waals surface area contributed by atoms with Crippen LogP contribution in [0.15, 0.2) is 9.41 Å². The summed E-state index contributed by atoms with van der Waals surface area (Å²) in [6, 6.07) is 0.601. The summed E-state index contributed by atoms with van der Waals surface area (Å²) in [5.74, 6) is 2.52. The van der Waals surface area contributed by atoms with Crippen LogP contribution in [0.1, 0.15) is 30.7 Å². The van der Waals surface area contributed by atoms with Gasteiger partial charge >= 0.3 is 0 Å². The van der Waals surface area contributed by atoms with Crippen molar-refractivity contribution in [2.45, 2.75) is 39.8 Å². The number of guanidine groups is 1. The second-order valence-corrected chi connectivity index (χ2v) is 6.46. The van der Waals surface area contributed by atoms with Crippen LogP contribution in [-0.2, 0) is 11.3 Å². The molecule has 3 heterocycles. The first-order valence-corrected chi connectivity index (χ1v) is 8.95. The summed E-state index contributed by atoms with van der Waals surface area (Å²) in [6.07, 6.45) is 1.18. The number of ether oxygens (including phenoxy) is 1. The molecule has 2 saturated heterocycles. The van der Waals surface area contributed by atoms with Crippen molar-refractivity contribution in [2.24, 2.45) is 4.99 Å². The van der Waals surface area contributed by atoms with Crippen molar-refractivity contribution in [1.29, 1.82) is 0 Å². The van der Waals surface area contributed by atoms with Crippen molar-refractivity contribution in [3.63, 3.8) is 0 Å². The van der Waals surface area contributed by atoms with Crippen molar-refractivity contribution in [3.05, 3.63) is 17.3 Å². The summed E-state index contributed by atoms with van der Waals surface area (Å²) >= 11 is 0. The average Bonchev–Trinajstić information content (AvgIpc) is 3.20. The molecular weight excluding hydrogens is 433 g/mol. The number of hydrogen-bond donors (Lipinski definition) is 1. The quantitative estimate of drug-likeness (QED) is 0.417. The van der Waals surface area contributed by atoms with E-state index in [1.807, 2.05) is 13.8 Å². The zero-order valence-electron chi connectivity index (χ0n) is 15.5. The first-order chi connectivity index (χ1) is 11.7. The number of rotatable bonds is 4. The molecule has 25 heavy (non-hydrogen) atoms. The Balaban J connectivity index is 0.00000225. The van der Waals surface area contributed by atoms with Crippen molar-refractivity contribution in [1.82, 2.24) is 20.1 Å². The van der Waals surface area contributed by atoms with Crippen LogP contribution < -0.4 is 5.32 Å². The molecule has 2 aliphatic rings. The lowest BCUT2D eigenvalue weighted by Gasteiger charge is -2.32. The minimum atomic E-state index is 0. The maximum absolute atomic E-state index is 5.64. The molecule has 0 aromatic carbocycles. The molecule has 3 rings (SSSR count). The van der Waals surface area contributed by atoms with E-state index in [0.717, 1.165) is 63.4 Å². The Bertz CT molecular complexity index is 552. The predicted octanol–water partition coefficient (Wildman–Crippen LogP) is 1.78. The van der Waals surface area contributed by atoms with Gasteiger partial charge in [0.15, 0.2) is 5.96 Å². The van der Waals surface area contributed by atoms with Gasteiger partial charge in [0, 0.05) is 38.8 Å². The van der Waals surface area contributed by atoms with Crippen molar-refractivity contribution < 1.29 is 9.15 Å². The average molecular weight is 463 g/mol. The smallest absolute Gasteiger partial charge is 0.216 e. The molecule has 1 aromatic heterocycles. The fraction of sp³-hybridized carbons (Fsp3) is 0.765. The number of nitrogens with zero attached hydrogens (tertiary/aromatic N) is 4. The number of halogens is 1. The standard InChI is InChI=1S/C17H29N5O2.HI/c1-4-18-17(19-11-16-20-13(2)14(3)24-16)22-6-5-15(12-22)21-7-9-23-10-8-21;/h15H,4-12H2,1-3H3,(H,18,19);1H. The van der Waals surface area contributed by atoms with Crippen LogP contribution in [0.3, 0.4) is 0 Å². The highest BCUT2D eigenvalue weighted by atomic mass is 127. The van der Waals surface area contributed by atoms with Gasteiger partial charge in [-0.2, -0.15) is 0 Å². The van der Waals surface area contributed by atoms with Crippen molar-refractivity contribution in [3.8, 4) is 0 Å². The van der Waals surface area contributed by atoms with Gasteiger partial charge in [0.05, 0.1) is 18.9 Å². The lowest BCUT2D eigenvalue weighted by Crippen LogP contribution is -2.46. The Morgan fingerprint density at radius 1 is 1.28 bits per heavy atom. The highest BCUT2D eigenvalue weighted by Gasteiger charge is 2.30. The van der Waals surface area contributed by atoms with E-state index in [4.69, 9.17) is 14.1 Å². The Labute approximate surface area is 167 Å². The zero-order valence-corrected chi connectivity index (χ0v) is 17.8. The van der Waals surface area contributed by atoms with Crippen LogP contribution in [0.5, 0.6) is 0 Å². The summed E-state index contributed by atoms with van der Waals surface area (Å²) in [4.78, 5) is 14.0. The first-order valence-electron chi connectivity index (χ1n) is 8.95. The van der Waals surface area contributed by atoms with Gasteiger partial charge in [-0.25, -0.2) is 9.98 Å². The summed E-state index contributed by atoms with van der Waals surface area (Å²) in [6.45, 7) is 13.2. The third-order valence-corrected chi connectivity index (χ3v) is 4.80. The molecular formula is C17H30IN5O2.